The van der Waals surface area contributed by atoms with E-state index in [2.05, 4.69) is 0 Å². The SMILES string of the molecule is CC(C)c1occc1C(=O)N1CCOC(C(=O)O)C1. The molecule has 104 valence electrons. The molecule has 0 radical (unpaired) electrons. The van der Waals surface area contributed by atoms with Crippen molar-refractivity contribution >= 4 is 11.9 Å². The number of furan rings is 1. The van der Waals surface area contributed by atoms with Crippen molar-refractivity contribution in [2.75, 3.05) is 19.7 Å². The quantitative estimate of drug-likeness (QED) is 0.893. The predicted molar refractivity (Wildman–Crippen MR) is 66.1 cm³/mol. The summed E-state index contributed by atoms with van der Waals surface area (Å²) in [7, 11) is 0. The fourth-order valence-corrected chi connectivity index (χ4v) is 2.10. The van der Waals surface area contributed by atoms with Crippen LogP contribution in [0, 0.1) is 0 Å². The molecule has 1 atom stereocenters. The van der Waals surface area contributed by atoms with E-state index in [-0.39, 0.29) is 25.0 Å². The zero-order valence-electron chi connectivity index (χ0n) is 11.0. The molecule has 1 amide bonds. The molecule has 1 N–H and O–H groups in total. The molecule has 0 spiro atoms. The van der Waals surface area contributed by atoms with Gasteiger partial charge in [-0.1, -0.05) is 13.8 Å². The van der Waals surface area contributed by atoms with E-state index >= 15 is 0 Å². The highest BCUT2D eigenvalue weighted by Gasteiger charge is 2.31. The maximum absolute atomic E-state index is 12.4. The molecular formula is C13H17NO5. The van der Waals surface area contributed by atoms with Crippen LogP contribution in [0.25, 0.3) is 0 Å². The second-order valence-corrected chi connectivity index (χ2v) is 4.80. The molecule has 0 aliphatic carbocycles. The lowest BCUT2D eigenvalue weighted by Crippen LogP contribution is -2.48. The predicted octanol–water partition coefficient (Wildman–Crippen LogP) is 1.33. The second-order valence-electron chi connectivity index (χ2n) is 4.80. The van der Waals surface area contributed by atoms with Gasteiger partial charge in [-0.3, -0.25) is 4.79 Å². The topological polar surface area (TPSA) is 80.0 Å². The van der Waals surface area contributed by atoms with Crippen LogP contribution in [0.5, 0.6) is 0 Å². The van der Waals surface area contributed by atoms with E-state index in [0.717, 1.165) is 0 Å². The van der Waals surface area contributed by atoms with Crippen molar-refractivity contribution in [2.24, 2.45) is 0 Å². The lowest BCUT2D eigenvalue weighted by Gasteiger charge is -2.30. The van der Waals surface area contributed by atoms with Crippen LogP contribution in [0.4, 0.5) is 0 Å². The average Bonchev–Trinajstić information content (AvgIpc) is 2.87. The van der Waals surface area contributed by atoms with Gasteiger partial charge in [-0.05, 0) is 6.07 Å². The number of ether oxygens (including phenoxy) is 1. The molecular weight excluding hydrogens is 250 g/mol. The first kappa shape index (κ1) is 13.6. The van der Waals surface area contributed by atoms with Crippen LogP contribution in [0.1, 0.15) is 35.9 Å². The Hall–Kier alpha value is -1.82. The monoisotopic (exact) mass is 267 g/mol. The number of morpholine rings is 1. The number of carbonyl (C=O) groups excluding carboxylic acids is 1. The summed E-state index contributed by atoms with van der Waals surface area (Å²) < 4.78 is 10.4. The highest BCUT2D eigenvalue weighted by molar-refractivity contribution is 5.95. The summed E-state index contributed by atoms with van der Waals surface area (Å²) in [5.41, 5.74) is 0.501. The summed E-state index contributed by atoms with van der Waals surface area (Å²) in [5.74, 6) is -0.519. The molecule has 19 heavy (non-hydrogen) atoms. The number of rotatable bonds is 3. The summed E-state index contributed by atoms with van der Waals surface area (Å²) in [6.07, 6.45) is 0.532. The molecule has 1 aliphatic heterocycles. The molecule has 1 unspecified atom stereocenters. The largest absolute Gasteiger partial charge is 0.479 e. The van der Waals surface area contributed by atoms with Crippen molar-refractivity contribution in [3.8, 4) is 0 Å². The van der Waals surface area contributed by atoms with Crippen LogP contribution in [-0.4, -0.2) is 47.7 Å². The molecule has 1 saturated heterocycles. The first-order chi connectivity index (χ1) is 9.00. The molecule has 1 aromatic heterocycles. The number of carboxylic acids is 1. The van der Waals surface area contributed by atoms with E-state index in [4.69, 9.17) is 14.3 Å². The van der Waals surface area contributed by atoms with Crippen LogP contribution in [-0.2, 0) is 9.53 Å². The molecule has 0 bridgehead atoms. The highest BCUT2D eigenvalue weighted by Crippen LogP contribution is 2.22. The van der Waals surface area contributed by atoms with E-state index in [1.165, 1.54) is 11.2 Å². The van der Waals surface area contributed by atoms with Crippen molar-refractivity contribution in [3.63, 3.8) is 0 Å². The molecule has 0 aromatic carbocycles. The third-order valence-corrected chi connectivity index (χ3v) is 3.08. The van der Waals surface area contributed by atoms with E-state index in [0.29, 0.717) is 17.9 Å². The average molecular weight is 267 g/mol. The lowest BCUT2D eigenvalue weighted by atomic mass is 10.1. The number of hydrogen-bond acceptors (Lipinski definition) is 4. The molecule has 1 aliphatic rings. The Morgan fingerprint density at radius 1 is 1.47 bits per heavy atom. The molecule has 6 heteroatoms. The van der Waals surface area contributed by atoms with Gasteiger partial charge in [0.05, 0.1) is 25.0 Å². The van der Waals surface area contributed by atoms with Gasteiger partial charge < -0.3 is 19.2 Å². The van der Waals surface area contributed by atoms with Crippen molar-refractivity contribution in [3.05, 3.63) is 23.7 Å². The molecule has 1 aromatic rings. The van der Waals surface area contributed by atoms with Crippen LogP contribution < -0.4 is 0 Å². The highest BCUT2D eigenvalue weighted by atomic mass is 16.5. The lowest BCUT2D eigenvalue weighted by molar-refractivity contribution is -0.154. The van der Waals surface area contributed by atoms with Gasteiger partial charge >= 0.3 is 5.97 Å². The fraction of sp³-hybridized carbons (Fsp3) is 0.538. The van der Waals surface area contributed by atoms with Crippen LogP contribution in [0.2, 0.25) is 0 Å². The maximum atomic E-state index is 12.4. The standard InChI is InChI=1S/C13H17NO5/c1-8(2)11-9(3-5-19-11)12(15)14-4-6-18-10(7-14)13(16)17/h3,5,8,10H,4,6-7H2,1-2H3,(H,16,17). The summed E-state index contributed by atoms with van der Waals surface area (Å²) in [4.78, 5) is 24.8. The molecule has 2 rings (SSSR count). The van der Waals surface area contributed by atoms with Gasteiger partial charge in [-0.25, -0.2) is 4.79 Å². The Labute approximate surface area is 110 Å². The van der Waals surface area contributed by atoms with Crippen LogP contribution >= 0.6 is 0 Å². The third kappa shape index (κ3) is 2.78. The van der Waals surface area contributed by atoms with Gasteiger partial charge in [-0.15, -0.1) is 0 Å². The Morgan fingerprint density at radius 3 is 2.84 bits per heavy atom. The van der Waals surface area contributed by atoms with Crippen molar-refractivity contribution < 1.29 is 23.8 Å². The number of aliphatic carboxylic acids is 1. The zero-order valence-corrected chi connectivity index (χ0v) is 11.0. The van der Waals surface area contributed by atoms with E-state index in [9.17, 15) is 9.59 Å². The molecule has 1 fully saturated rings. The number of carboxylic acid groups (broad SMARTS) is 1. The van der Waals surface area contributed by atoms with Crippen LogP contribution in [0.3, 0.4) is 0 Å². The van der Waals surface area contributed by atoms with Gasteiger partial charge in [0.1, 0.15) is 5.76 Å². The van der Waals surface area contributed by atoms with E-state index in [1.807, 2.05) is 13.8 Å². The summed E-state index contributed by atoms with van der Waals surface area (Å²) >= 11 is 0. The van der Waals surface area contributed by atoms with E-state index < -0.39 is 12.1 Å². The normalized spacial score (nSPS) is 19.7. The van der Waals surface area contributed by atoms with Gasteiger partial charge in [0.15, 0.2) is 6.10 Å². The van der Waals surface area contributed by atoms with E-state index in [1.54, 1.807) is 6.07 Å². The summed E-state index contributed by atoms with van der Waals surface area (Å²) in [6.45, 7) is 4.57. The number of amides is 1. The Kier molecular flexibility index (Phi) is 3.90. The fourth-order valence-electron chi connectivity index (χ4n) is 2.10. The summed E-state index contributed by atoms with van der Waals surface area (Å²) in [6, 6.07) is 1.63. The zero-order chi connectivity index (χ0) is 14.0. The number of nitrogens with zero attached hydrogens (tertiary/aromatic N) is 1. The number of hydrogen-bond donors (Lipinski definition) is 1. The summed E-state index contributed by atoms with van der Waals surface area (Å²) in [5, 5.41) is 8.93. The van der Waals surface area contributed by atoms with Crippen molar-refractivity contribution in [1.82, 2.24) is 4.90 Å². The Bertz CT molecular complexity index is 479. The molecule has 2 heterocycles. The first-order valence-corrected chi connectivity index (χ1v) is 6.21. The minimum atomic E-state index is -1.05. The molecule has 6 nitrogen and oxygen atoms in total. The van der Waals surface area contributed by atoms with Gasteiger partial charge in [-0.2, -0.15) is 0 Å². The second kappa shape index (κ2) is 5.44. The molecule has 0 saturated carbocycles. The Balaban J connectivity index is 2.15. The Morgan fingerprint density at radius 2 is 2.21 bits per heavy atom. The smallest absolute Gasteiger partial charge is 0.334 e. The third-order valence-electron chi connectivity index (χ3n) is 3.08. The minimum absolute atomic E-state index is 0.0664. The van der Waals surface area contributed by atoms with Gasteiger partial charge in [0, 0.05) is 12.5 Å². The van der Waals surface area contributed by atoms with Crippen LogP contribution in [0.15, 0.2) is 16.7 Å². The minimum Gasteiger partial charge on any atom is -0.479 e. The van der Waals surface area contributed by atoms with Gasteiger partial charge in [0.25, 0.3) is 5.91 Å². The van der Waals surface area contributed by atoms with Gasteiger partial charge in [0.2, 0.25) is 0 Å². The van der Waals surface area contributed by atoms with Crippen molar-refractivity contribution in [2.45, 2.75) is 25.9 Å². The maximum Gasteiger partial charge on any atom is 0.334 e. The first-order valence-electron chi connectivity index (χ1n) is 6.21. The van der Waals surface area contributed by atoms with Crippen molar-refractivity contribution in [1.29, 1.82) is 0 Å². The number of carbonyl (C=O) groups is 2.